The van der Waals surface area contributed by atoms with E-state index < -0.39 is 0 Å². The summed E-state index contributed by atoms with van der Waals surface area (Å²) in [5.41, 5.74) is 1.34. The highest BCUT2D eigenvalue weighted by atomic mass is 16.5. The highest BCUT2D eigenvalue weighted by molar-refractivity contribution is 5.60. The first kappa shape index (κ1) is 15.2. The zero-order valence-corrected chi connectivity index (χ0v) is 12.5. The van der Waals surface area contributed by atoms with E-state index in [1.807, 2.05) is 19.9 Å². The van der Waals surface area contributed by atoms with Crippen LogP contribution in [0, 0.1) is 5.41 Å². The molecule has 112 valence electrons. The minimum Gasteiger partial charge on any atom is -0.495 e. The van der Waals surface area contributed by atoms with E-state index in [1.54, 1.807) is 31.9 Å². The second kappa shape index (κ2) is 6.49. The van der Waals surface area contributed by atoms with E-state index in [9.17, 15) is 5.11 Å². The minimum absolute atomic E-state index is 0.104. The summed E-state index contributed by atoms with van der Waals surface area (Å²) < 4.78 is 5.16. The molecule has 0 radical (unpaired) electrons. The fraction of sp³-hybridized carbons (Fsp3) is 0.400. The van der Waals surface area contributed by atoms with Gasteiger partial charge in [0, 0.05) is 30.3 Å². The Morgan fingerprint density at radius 3 is 2.67 bits per heavy atom. The fourth-order valence-corrected chi connectivity index (χ4v) is 1.65. The van der Waals surface area contributed by atoms with Crippen molar-refractivity contribution in [1.29, 1.82) is 0 Å². The average Bonchev–Trinajstić information content (AvgIpc) is 2.53. The van der Waals surface area contributed by atoms with Crippen LogP contribution in [-0.2, 0) is 0 Å². The van der Waals surface area contributed by atoms with Crippen LogP contribution in [0.3, 0.4) is 0 Å². The molecule has 2 rings (SSSR count). The lowest BCUT2D eigenvalue weighted by Crippen LogP contribution is -2.27. The SMILES string of the molecule is COc1cncc(-c2cncc(NCC(C)(C)CO)n2)c1. The maximum absolute atomic E-state index is 9.26. The Hall–Kier alpha value is -2.21. The molecule has 0 amide bonds. The number of aliphatic hydroxyl groups is 1. The number of hydrogen-bond donors (Lipinski definition) is 2. The van der Waals surface area contributed by atoms with Crippen LogP contribution in [0.15, 0.2) is 30.9 Å². The second-order valence-electron chi connectivity index (χ2n) is 5.58. The molecule has 0 unspecified atom stereocenters. The highest BCUT2D eigenvalue weighted by Crippen LogP contribution is 2.21. The number of methoxy groups -OCH3 is 1. The molecule has 0 saturated heterocycles. The van der Waals surface area contributed by atoms with Gasteiger partial charge in [-0.05, 0) is 6.07 Å². The number of aliphatic hydroxyl groups excluding tert-OH is 1. The van der Waals surface area contributed by atoms with Crippen LogP contribution in [-0.4, -0.2) is 40.3 Å². The third-order valence-corrected chi connectivity index (χ3v) is 3.06. The molecule has 6 nitrogen and oxygen atoms in total. The summed E-state index contributed by atoms with van der Waals surface area (Å²) in [5.74, 6) is 1.34. The summed E-state index contributed by atoms with van der Waals surface area (Å²) in [6, 6.07) is 1.86. The number of aromatic nitrogens is 3. The lowest BCUT2D eigenvalue weighted by Gasteiger charge is -2.22. The van der Waals surface area contributed by atoms with E-state index in [0.29, 0.717) is 23.8 Å². The van der Waals surface area contributed by atoms with Gasteiger partial charge in [-0.3, -0.25) is 9.97 Å². The number of nitrogens with one attached hydrogen (secondary N) is 1. The number of nitrogens with zero attached hydrogens (tertiary/aromatic N) is 3. The van der Waals surface area contributed by atoms with Crippen LogP contribution in [0.5, 0.6) is 5.75 Å². The first-order chi connectivity index (χ1) is 10.0. The van der Waals surface area contributed by atoms with Gasteiger partial charge in [0.15, 0.2) is 0 Å². The summed E-state index contributed by atoms with van der Waals surface area (Å²) in [6.45, 7) is 4.66. The number of rotatable bonds is 6. The molecule has 0 aliphatic heterocycles. The van der Waals surface area contributed by atoms with Crippen molar-refractivity contribution in [2.24, 2.45) is 5.41 Å². The molecular weight excluding hydrogens is 268 g/mol. The summed E-state index contributed by atoms with van der Waals surface area (Å²) >= 11 is 0. The first-order valence-electron chi connectivity index (χ1n) is 6.70. The van der Waals surface area contributed by atoms with Crippen LogP contribution in [0.1, 0.15) is 13.8 Å². The van der Waals surface area contributed by atoms with Crippen molar-refractivity contribution in [3.05, 3.63) is 30.9 Å². The van der Waals surface area contributed by atoms with E-state index in [0.717, 1.165) is 5.56 Å². The lowest BCUT2D eigenvalue weighted by molar-refractivity contribution is 0.170. The summed E-state index contributed by atoms with van der Waals surface area (Å²) in [6.07, 6.45) is 6.69. The average molecular weight is 288 g/mol. The van der Waals surface area contributed by atoms with Gasteiger partial charge in [0.2, 0.25) is 0 Å². The molecule has 0 aliphatic rings. The second-order valence-corrected chi connectivity index (χ2v) is 5.58. The molecule has 21 heavy (non-hydrogen) atoms. The van der Waals surface area contributed by atoms with Crippen molar-refractivity contribution in [2.45, 2.75) is 13.8 Å². The predicted molar refractivity (Wildman–Crippen MR) is 81.2 cm³/mol. The molecule has 2 aromatic rings. The topological polar surface area (TPSA) is 80.2 Å². The van der Waals surface area contributed by atoms with Crippen molar-refractivity contribution < 1.29 is 9.84 Å². The quantitative estimate of drug-likeness (QED) is 0.846. The van der Waals surface area contributed by atoms with Gasteiger partial charge >= 0.3 is 0 Å². The number of pyridine rings is 1. The molecule has 2 aromatic heterocycles. The Morgan fingerprint density at radius 1 is 1.19 bits per heavy atom. The van der Waals surface area contributed by atoms with E-state index in [1.165, 1.54) is 0 Å². The molecule has 2 N–H and O–H groups in total. The van der Waals surface area contributed by atoms with Crippen molar-refractivity contribution in [1.82, 2.24) is 15.0 Å². The molecule has 2 heterocycles. The molecule has 0 aliphatic carbocycles. The number of ether oxygens (including phenoxy) is 1. The Morgan fingerprint density at radius 2 is 1.95 bits per heavy atom. The third kappa shape index (κ3) is 4.13. The summed E-state index contributed by atoms with van der Waals surface area (Å²) in [7, 11) is 1.60. The smallest absolute Gasteiger partial charge is 0.145 e. The minimum atomic E-state index is -0.213. The molecular formula is C15H20N4O2. The molecule has 0 spiro atoms. The molecule has 0 atom stereocenters. The van der Waals surface area contributed by atoms with Gasteiger partial charge in [0.05, 0.1) is 31.4 Å². The molecule has 0 fully saturated rings. The van der Waals surface area contributed by atoms with Crippen molar-refractivity contribution in [3.8, 4) is 17.0 Å². The zero-order valence-electron chi connectivity index (χ0n) is 12.5. The van der Waals surface area contributed by atoms with Crippen molar-refractivity contribution >= 4 is 5.82 Å². The molecule has 0 saturated carbocycles. The Balaban J connectivity index is 2.17. The number of anilines is 1. The monoisotopic (exact) mass is 288 g/mol. The van der Waals surface area contributed by atoms with Crippen LogP contribution in [0.2, 0.25) is 0 Å². The maximum atomic E-state index is 9.26. The third-order valence-electron chi connectivity index (χ3n) is 3.06. The van der Waals surface area contributed by atoms with Crippen LogP contribution < -0.4 is 10.1 Å². The van der Waals surface area contributed by atoms with E-state index in [2.05, 4.69) is 20.3 Å². The van der Waals surface area contributed by atoms with Gasteiger partial charge in [0.25, 0.3) is 0 Å². The van der Waals surface area contributed by atoms with Gasteiger partial charge in [-0.1, -0.05) is 13.8 Å². The van der Waals surface area contributed by atoms with Gasteiger partial charge in [0.1, 0.15) is 11.6 Å². The van der Waals surface area contributed by atoms with Crippen molar-refractivity contribution in [2.75, 3.05) is 25.6 Å². The van der Waals surface area contributed by atoms with Gasteiger partial charge in [-0.25, -0.2) is 4.98 Å². The van der Waals surface area contributed by atoms with Crippen molar-refractivity contribution in [3.63, 3.8) is 0 Å². The Bertz CT molecular complexity index is 602. The molecule has 0 aromatic carbocycles. The maximum Gasteiger partial charge on any atom is 0.145 e. The zero-order chi connectivity index (χ0) is 15.3. The fourth-order valence-electron chi connectivity index (χ4n) is 1.65. The summed E-state index contributed by atoms with van der Waals surface area (Å²) in [5, 5.41) is 12.5. The molecule has 6 heteroatoms. The number of hydrogen-bond acceptors (Lipinski definition) is 6. The standard InChI is InChI=1S/C15H20N4O2/c1-15(2,10-20)9-18-14-8-17-7-13(19-14)11-4-12(21-3)6-16-5-11/h4-8,20H,9-10H2,1-3H3,(H,18,19). The van der Waals surface area contributed by atoms with Crippen LogP contribution in [0.4, 0.5) is 5.82 Å². The van der Waals surface area contributed by atoms with Gasteiger partial charge in [-0.2, -0.15) is 0 Å². The summed E-state index contributed by atoms with van der Waals surface area (Å²) in [4.78, 5) is 12.8. The van der Waals surface area contributed by atoms with Crippen LogP contribution in [0.25, 0.3) is 11.3 Å². The van der Waals surface area contributed by atoms with Crippen LogP contribution >= 0.6 is 0 Å². The molecule has 0 bridgehead atoms. The van der Waals surface area contributed by atoms with Gasteiger partial charge < -0.3 is 15.2 Å². The normalized spacial score (nSPS) is 11.2. The lowest BCUT2D eigenvalue weighted by atomic mass is 9.95. The van der Waals surface area contributed by atoms with E-state index in [4.69, 9.17) is 4.74 Å². The first-order valence-corrected chi connectivity index (χ1v) is 6.70. The Kier molecular flexibility index (Phi) is 4.70. The predicted octanol–water partition coefficient (Wildman–Crippen LogP) is 1.98. The highest BCUT2D eigenvalue weighted by Gasteiger charge is 2.16. The largest absolute Gasteiger partial charge is 0.495 e. The van der Waals surface area contributed by atoms with E-state index in [-0.39, 0.29) is 12.0 Å². The Labute approximate surface area is 124 Å². The van der Waals surface area contributed by atoms with Gasteiger partial charge in [-0.15, -0.1) is 0 Å². The van der Waals surface area contributed by atoms with E-state index >= 15 is 0 Å².